The molecule has 1 aromatic carbocycles. The minimum Gasteiger partial charge on any atom is -0.330 e. The fraction of sp³-hybridized carbons (Fsp3) is 0.652. The number of sulfone groups is 1. The van der Waals surface area contributed by atoms with Gasteiger partial charge in [-0.15, -0.1) is 0 Å². The number of carbonyl (C=O) groups is 2. The van der Waals surface area contributed by atoms with Gasteiger partial charge in [-0.1, -0.05) is 0 Å². The molecule has 1 unspecified atom stereocenters. The Morgan fingerprint density at radius 1 is 1.00 bits per heavy atom. The van der Waals surface area contributed by atoms with Crippen LogP contribution in [0.15, 0.2) is 29.2 Å². The summed E-state index contributed by atoms with van der Waals surface area (Å²) in [6.07, 6.45) is 7.92. The Hall–Kier alpha value is -2.03. The van der Waals surface area contributed by atoms with Crippen LogP contribution in [0.3, 0.4) is 0 Å². The van der Waals surface area contributed by atoms with Crippen LogP contribution in [0.25, 0.3) is 0 Å². The monoisotopic (exact) mass is 466 g/mol. The SMILES string of the molecule is O=C(Nc1ccc(S(=O)(=O)C(F)F)cc1)C1CCCN1C(=O)C12CC3CC(CC(C3)C1)C2. The largest absolute Gasteiger partial charge is 0.341 e. The Bertz CT molecular complexity index is 990. The second-order valence-corrected chi connectivity index (χ2v) is 12.1. The molecule has 4 saturated carbocycles. The van der Waals surface area contributed by atoms with E-state index in [1.165, 1.54) is 31.4 Å². The molecule has 2 amide bonds. The molecule has 9 heteroatoms. The van der Waals surface area contributed by atoms with Crippen molar-refractivity contribution in [2.75, 3.05) is 11.9 Å². The molecule has 32 heavy (non-hydrogen) atoms. The maximum absolute atomic E-state index is 13.7. The number of nitrogens with one attached hydrogen (secondary N) is 1. The molecule has 4 aliphatic carbocycles. The third kappa shape index (κ3) is 3.62. The average molecular weight is 467 g/mol. The first kappa shape index (κ1) is 21.8. The van der Waals surface area contributed by atoms with Crippen molar-refractivity contribution in [1.29, 1.82) is 0 Å². The van der Waals surface area contributed by atoms with Crippen LogP contribution in [-0.2, 0) is 19.4 Å². The number of nitrogens with zero attached hydrogens (tertiary/aromatic N) is 1. The van der Waals surface area contributed by atoms with Crippen LogP contribution < -0.4 is 5.32 Å². The number of likely N-dealkylation sites (tertiary alicyclic amines) is 1. The Labute approximate surface area is 186 Å². The van der Waals surface area contributed by atoms with Crippen LogP contribution in [-0.4, -0.2) is 43.5 Å². The molecule has 5 fully saturated rings. The van der Waals surface area contributed by atoms with E-state index < -0.39 is 26.5 Å². The molecule has 5 aliphatic rings. The number of carbonyl (C=O) groups excluding carboxylic acids is 2. The molecule has 1 aliphatic heterocycles. The molecule has 174 valence electrons. The van der Waals surface area contributed by atoms with Crippen molar-refractivity contribution in [2.24, 2.45) is 23.2 Å². The zero-order chi connectivity index (χ0) is 22.7. The van der Waals surface area contributed by atoms with E-state index in [-0.39, 0.29) is 17.2 Å². The second-order valence-electron chi connectivity index (χ2n) is 10.2. The van der Waals surface area contributed by atoms with Crippen molar-refractivity contribution in [1.82, 2.24) is 4.90 Å². The van der Waals surface area contributed by atoms with Crippen molar-refractivity contribution in [3.05, 3.63) is 24.3 Å². The molecule has 0 aromatic heterocycles. The van der Waals surface area contributed by atoms with Gasteiger partial charge in [0.05, 0.1) is 10.3 Å². The minimum atomic E-state index is -4.68. The van der Waals surface area contributed by atoms with Crippen molar-refractivity contribution < 1.29 is 26.8 Å². The molecule has 1 heterocycles. The van der Waals surface area contributed by atoms with E-state index in [0.29, 0.717) is 36.4 Å². The quantitative estimate of drug-likeness (QED) is 0.715. The molecule has 6 nitrogen and oxygen atoms in total. The highest BCUT2D eigenvalue weighted by Gasteiger charge is 2.56. The number of hydrogen-bond donors (Lipinski definition) is 1. The fourth-order valence-electron chi connectivity index (χ4n) is 7.02. The van der Waals surface area contributed by atoms with E-state index in [0.717, 1.165) is 37.8 Å². The summed E-state index contributed by atoms with van der Waals surface area (Å²) in [4.78, 5) is 28.0. The molecular formula is C23H28F2N2O4S. The number of alkyl halides is 2. The van der Waals surface area contributed by atoms with Gasteiger partial charge in [0.1, 0.15) is 6.04 Å². The van der Waals surface area contributed by atoms with Gasteiger partial charge in [-0.05, 0) is 93.4 Å². The third-order valence-corrected chi connectivity index (χ3v) is 9.39. The van der Waals surface area contributed by atoms with Crippen LogP contribution in [0.2, 0.25) is 0 Å². The highest BCUT2D eigenvalue weighted by atomic mass is 32.2. The maximum Gasteiger partial charge on any atom is 0.341 e. The summed E-state index contributed by atoms with van der Waals surface area (Å²) in [6.45, 7) is 0.574. The highest BCUT2D eigenvalue weighted by molar-refractivity contribution is 7.91. The van der Waals surface area contributed by atoms with Gasteiger partial charge in [-0.2, -0.15) is 8.78 Å². The predicted octanol–water partition coefficient (Wildman–Crippen LogP) is 3.83. The molecular weight excluding hydrogens is 438 g/mol. The Morgan fingerprint density at radius 2 is 1.56 bits per heavy atom. The highest BCUT2D eigenvalue weighted by Crippen LogP contribution is 2.60. The van der Waals surface area contributed by atoms with Crippen LogP contribution in [0.5, 0.6) is 0 Å². The van der Waals surface area contributed by atoms with Gasteiger partial charge >= 0.3 is 5.76 Å². The molecule has 1 saturated heterocycles. The lowest BCUT2D eigenvalue weighted by Crippen LogP contribution is -2.56. The number of benzene rings is 1. The summed E-state index contributed by atoms with van der Waals surface area (Å²) in [6, 6.07) is 4.16. The maximum atomic E-state index is 13.7. The minimum absolute atomic E-state index is 0.132. The number of anilines is 1. The van der Waals surface area contributed by atoms with E-state index >= 15 is 0 Å². The summed E-state index contributed by atoms with van der Waals surface area (Å²) in [5.74, 6) is -1.75. The zero-order valence-electron chi connectivity index (χ0n) is 17.8. The topological polar surface area (TPSA) is 83.6 Å². The Morgan fingerprint density at radius 3 is 2.09 bits per heavy atom. The first-order chi connectivity index (χ1) is 15.2. The van der Waals surface area contributed by atoms with Crippen LogP contribution in [0.4, 0.5) is 14.5 Å². The zero-order valence-corrected chi connectivity index (χ0v) is 18.6. The van der Waals surface area contributed by atoms with Gasteiger partial charge in [0, 0.05) is 12.2 Å². The van der Waals surface area contributed by atoms with E-state index in [4.69, 9.17) is 0 Å². The van der Waals surface area contributed by atoms with Gasteiger partial charge in [-0.3, -0.25) is 9.59 Å². The lowest BCUT2D eigenvalue weighted by atomic mass is 9.49. The number of halogens is 2. The van der Waals surface area contributed by atoms with Crippen molar-refractivity contribution in [3.8, 4) is 0 Å². The Balaban J connectivity index is 1.29. The fourth-order valence-corrected chi connectivity index (χ4v) is 7.74. The number of rotatable bonds is 5. The normalized spacial score (nSPS) is 33.7. The lowest BCUT2D eigenvalue weighted by Gasteiger charge is -2.56. The second kappa shape index (κ2) is 7.78. The van der Waals surface area contributed by atoms with Crippen molar-refractivity contribution in [3.63, 3.8) is 0 Å². The average Bonchev–Trinajstić information content (AvgIpc) is 3.22. The van der Waals surface area contributed by atoms with Crippen LogP contribution in [0.1, 0.15) is 51.4 Å². The summed E-state index contributed by atoms with van der Waals surface area (Å²) in [5.41, 5.74) is 0.0143. The summed E-state index contributed by atoms with van der Waals surface area (Å²) in [7, 11) is -4.68. The molecule has 1 N–H and O–H groups in total. The number of hydrogen-bond acceptors (Lipinski definition) is 4. The number of amides is 2. The molecule has 4 bridgehead atoms. The third-order valence-electron chi connectivity index (χ3n) is 7.99. The first-order valence-corrected chi connectivity index (χ1v) is 13.0. The van der Waals surface area contributed by atoms with E-state index in [1.807, 2.05) is 0 Å². The summed E-state index contributed by atoms with van der Waals surface area (Å²) >= 11 is 0. The molecule has 1 atom stereocenters. The molecule has 1 aromatic rings. The smallest absolute Gasteiger partial charge is 0.330 e. The van der Waals surface area contributed by atoms with Gasteiger partial charge in [0.15, 0.2) is 0 Å². The Kier molecular flexibility index (Phi) is 5.30. The summed E-state index contributed by atoms with van der Waals surface area (Å²) < 4.78 is 48.6. The van der Waals surface area contributed by atoms with Crippen molar-refractivity contribution in [2.45, 2.75) is 68.1 Å². The standard InChI is InChI=1S/C23H28F2N2O4S/c24-22(25)32(30,31)18-5-3-17(4-6-18)26-20(28)19-2-1-7-27(19)21(29)23-11-14-8-15(12-23)10-16(9-14)13-23/h3-6,14-16,19,22H,1-2,7-13H2,(H,26,28). The molecule has 0 spiro atoms. The summed E-state index contributed by atoms with van der Waals surface area (Å²) in [5, 5.41) is 2.74. The lowest BCUT2D eigenvalue weighted by molar-refractivity contribution is -0.160. The van der Waals surface area contributed by atoms with Gasteiger partial charge in [0.25, 0.3) is 0 Å². The van der Waals surface area contributed by atoms with Gasteiger partial charge in [-0.25, -0.2) is 8.42 Å². The van der Waals surface area contributed by atoms with Gasteiger partial charge < -0.3 is 10.2 Å². The predicted molar refractivity (Wildman–Crippen MR) is 114 cm³/mol. The molecule has 0 radical (unpaired) electrons. The first-order valence-electron chi connectivity index (χ1n) is 11.4. The van der Waals surface area contributed by atoms with E-state index in [1.54, 1.807) is 4.90 Å². The van der Waals surface area contributed by atoms with Crippen molar-refractivity contribution >= 4 is 27.3 Å². The van der Waals surface area contributed by atoms with Crippen LogP contribution in [0, 0.1) is 23.2 Å². The van der Waals surface area contributed by atoms with Crippen LogP contribution >= 0.6 is 0 Å². The van der Waals surface area contributed by atoms with E-state index in [2.05, 4.69) is 5.32 Å². The van der Waals surface area contributed by atoms with E-state index in [9.17, 15) is 26.8 Å². The van der Waals surface area contributed by atoms with Gasteiger partial charge in [0.2, 0.25) is 21.7 Å². The molecule has 6 rings (SSSR count).